The van der Waals surface area contributed by atoms with Gasteiger partial charge in [0, 0.05) is 32.3 Å². The first-order valence-electron chi connectivity index (χ1n) is 15.5. The Balaban J connectivity index is 2.19. The number of hydrogen-bond donors (Lipinski definition) is 2. The molecular weight excluding hydrogens is 520 g/mol. The van der Waals surface area contributed by atoms with E-state index >= 15 is 0 Å². The molecule has 2 rings (SSSR count). The predicted octanol–water partition coefficient (Wildman–Crippen LogP) is 6.18. The molecule has 7 nitrogen and oxygen atoms in total. The van der Waals surface area contributed by atoms with Gasteiger partial charge in [0.25, 0.3) is 0 Å². The molecule has 1 heterocycles. The standard InChI is InChI=1S/C34H56O7/c1-10-29(39-9)25(6)27-15-16-28(27)32(37)22(3)12-11-13-23(4)33-24(5)14-17-30(40-26(7)35)34(8,38)19-18-21(2)20-31(36)41-33/h11-14,17,21-22,24-25,27-30,32-33,37-38H,10,15-16,18-20H2,1-9H3. The van der Waals surface area contributed by atoms with E-state index in [1.54, 1.807) is 20.1 Å². The highest BCUT2D eigenvalue weighted by Gasteiger charge is 2.42. The van der Waals surface area contributed by atoms with Crippen LogP contribution in [0.5, 0.6) is 0 Å². The normalized spacial score (nSPS) is 34.9. The number of ether oxygens (including phenoxy) is 3. The number of allylic oxidation sites excluding steroid dienone is 2. The molecule has 0 bridgehead atoms. The highest BCUT2D eigenvalue weighted by molar-refractivity contribution is 5.70. The summed E-state index contributed by atoms with van der Waals surface area (Å²) in [6, 6.07) is 0. The van der Waals surface area contributed by atoms with E-state index in [9.17, 15) is 19.8 Å². The van der Waals surface area contributed by atoms with Crippen LogP contribution in [-0.4, -0.2) is 59.3 Å². The Labute approximate surface area is 248 Å². The predicted molar refractivity (Wildman–Crippen MR) is 162 cm³/mol. The molecular formula is C34H56O7. The van der Waals surface area contributed by atoms with Crippen molar-refractivity contribution in [1.82, 2.24) is 0 Å². The molecule has 234 valence electrons. The summed E-state index contributed by atoms with van der Waals surface area (Å²) in [5, 5.41) is 22.3. The average Bonchev–Trinajstić information content (AvgIpc) is 2.87. The molecule has 0 aromatic carbocycles. The van der Waals surface area contributed by atoms with Gasteiger partial charge < -0.3 is 24.4 Å². The number of cyclic esters (lactones) is 1. The van der Waals surface area contributed by atoms with E-state index in [1.165, 1.54) is 6.92 Å². The van der Waals surface area contributed by atoms with Crippen molar-refractivity contribution >= 4 is 11.9 Å². The van der Waals surface area contributed by atoms with Gasteiger partial charge in [-0.1, -0.05) is 58.9 Å². The maximum absolute atomic E-state index is 12.8. The fourth-order valence-corrected chi connectivity index (χ4v) is 6.44. The van der Waals surface area contributed by atoms with E-state index in [2.05, 4.69) is 13.8 Å². The van der Waals surface area contributed by atoms with Crippen LogP contribution in [-0.2, 0) is 23.8 Å². The third-order valence-electron chi connectivity index (χ3n) is 9.44. The first-order valence-corrected chi connectivity index (χ1v) is 15.5. The van der Waals surface area contributed by atoms with Crippen molar-refractivity contribution in [3.05, 3.63) is 36.0 Å². The number of carbonyl (C=O) groups excluding carboxylic acids is 2. The summed E-state index contributed by atoms with van der Waals surface area (Å²) >= 11 is 0. The molecule has 7 heteroatoms. The van der Waals surface area contributed by atoms with Crippen LogP contribution in [0.25, 0.3) is 0 Å². The highest BCUT2D eigenvalue weighted by atomic mass is 16.6. The smallest absolute Gasteiger partial charge is 0.306 e. The third-order valence-corrected chi connectivity index (χ3v) is 9.44. The van der Waals surface area contributed by atoms with Gasteiger partial charge in [0.15, 0.2) is 0 Å². The summed E-state index contributed by atoms with van der Waals surface area (Å²) in [4.78, 5) is 24.6. The summed E-state index contributed by atoms with van der Waals surface area (Å²) in [5.74, 6) is 0.170. The van der Waals surface area contributed by atoms with Crippen LogP contribution >= 0.6 is 0 Å². The second kappa shape index (κ2) is 16.0. The zero-order valence-corrected chi connectivity index (χ0v) is 26.8. The van der Waals surface area contributed by atoms with E-state index in [1.807, 2.05) is 52.0 Å². The Bertz CT molecular complexity index is 931. The summed E-state index contributed by atoms with van der Waals surface area (Å²) in [5.41, 5.74) is -0.382. The van der Waals surface area contributed by atoms with Gasteiger partial charge in [0.1, 0.15) is 17.8 Å². The number of carbonyl (C=O) groups is 2. The van der Waals surface area contributed by atoms with Crippen LogP contribution in [0.4, 0.5) is 0 Å². The Kier molecular flexibility index (Phi) is 13.8. The zero-order chi connectivity index (χ0) is 30.9. The van der Waals surface area contributed by atoms with Crippen LogP contribution in [0.1, 0.15) is 93.9 Å². The molecule has 2 N–H and O–H groups in total. The molecule has 11 unspecified atom stereocenters. The molecule has 0 aromatic heterocycles. The minimum Gasteiger partial charge on any atom is -0.457 e. The maximum Gasteiger partial charge on any atom is 0.306 e. The molecule has 0 saturated heterocycles. The van der Waals surface area contributed by atoms with Crippen molar-refractivity contribution in [3.63, 3.8) is 0 Å². The zero-order valence-electron chi connectivity index (χ0n) is 26.8. The number of aliphatic hydroxyl groups excluding tert-OH is 1. The highest BCUT2D eigenvalue weighted by Crippen LogP contribution is 2.45. The second-order valence-electron chi connectivity index (χ2n) is 13.0. The van der Waals surface area contributed by atoms with Gasteiger partial charge in [0.05, 0.1) is 12.2 Å². The fraction of sp³-hybridized carbons (Fsp3) is 0.765. The molecule has 11 atom stereocenters. The van der Waals surface area contributed by atoms with Crippen LogP contribution in [0.15, 0.2) is 36.0 Å². The van der Waals surface area contributed by atoms with Crippen molar-refractivity contribution in [2.75, 3.05) is 7.11 Å². The van der Waals surface area contributed by atoms with Gasteiger partial charge in [-0.2, -0.15) is 0 Å². The summed E-state index contributed by atoms with van der Waals surface area (Å²) in [7, 11) is 1.77. The van der Waals surface area contributed by atoms with E-state index in [0.717, 1.165) is 24.8 Å². The first kappa shape index (κ1) is 35.2. The number of rotatable bonds is 10. The van der Waals surface area contributed by atoms with E-state index in [4.69, 9.17) is 14.2 Å². The first-order chi connectivity index (χ1) is 19.2. The molecule has 1 aliphatic carbocycles. The van der Waals surface area contributed by atoms with E-state index in [-0.39, 0.29) is 42.2 Å². The lowest BCUT2D eigenvalue weighted by molar-refractivity contribution is -0.156. The maximum atomic E-state index is 12.8. The lowest BCUT2D eigenvalue weighted by atomic mass is 9.62. The molecule has 0 amide bonds. The minimum atomic E-state index is -1.25. The monoisotopic (exact) mass is 576 g/mol. The van der Waals surface area contributed by atoms with Gasteiger partial charge in [-0.05, 0) is 81.3 Å². The lowest BCUT2D eigenvalue weighted by Crippen LogP contribution is -2.45. The fourth-order valence-electron chi connectivity index (χ4n) is 6.44. The topological polar surface area (TPSA) is 102 Å². The molecule has 41 heavy (non-hydrogen) atoms. The number of aliphatic hydroxyl groups is 2. The largest absolute Gasteiger partial charge is 0.457 e. The Morgan fingerprint density at radius 3 is 2.39 bits per heavy atom. The van der Waals surface area contributed by atoms with Gasteiger partial charge in [0.2, 0.25) is 0 Å². The number of methoxy groups -OCH3 is 1. The Hall–Kier alpha value is -1.96. The SMILES string of the molecule is CCC(OC)C(C)C1CCC1C(O)C(C)C=CC=C(C)C1OC(=O)CC(C)CCC(C)(O)C(OC(C)=O)C=CC1C. The average molecular weight is 577 g/mol. The molecule has 0 aromatic rings. The van der Waals surface area contributed by atoms with Crippen molar-refractivity contribution < 1.29 is 34.0 Å². The molecule has 1 saturated carbocycles. The van der Waals surface area contributed by atoms with Crippen LogP contribution in [0.2, 0.25) is 0 Å². The van der Waals surface area contributed by atoms with Gasteiger partial charge in [-0.3, -0.25) is 9.59 Å². The third kappa shape index (κ3) is 10.1. The second-order valence-corrected chi connectivity index (χ2v) is 13.0. The van der Waals surface area contributed by atoms with Crippen LogP contribution in [0.3, 0.4) is 0 Å². The number of esters is 2. The molecule has 1 fully saturated rings. The van der Waals surface area contributed by atoms with Gasteiger partial charge in [-0.25, -0.2) is 0 Å². The van der Waals surface area contributed by atoms with Crippen molar-refractivity contribution in [1.29, 1.82) is 0 Å². The quantitative estimate of drug-likeness (QED) is 0.182. The minimum absolute atomic E-state index is 0.00683. The van der Waals surface area contributed by atoms with Crippen LogP contribution < -0.4 is 0 Å². The van der Waals surface area contributed by atoms with E-state index in [0.29, 0.717) is 24.7 Å². The molecule has 0 spiro atoms. The summed E-state index contributed by atoms with van der Waals surface area (Å²) in [6.45, 7) is 15.3. The van der Waals surface area contributed by atoms with Crippen molar-refractivity contribution in [2.24, 2.45) is 35.5 Å². The van der Waals surface area contributed by atoms with Gasteiger partial charge in [-0.15, -0.1) is 0 Å². The summed E-state index contributed by atoms with van der Waals surface area (Å²) < 4.78 is 17.1. The van der Waals surface area contributed by atoms with Gasteiger partial charge >= 0.3 is 11.9 Å². The Morgan fingerprint density at radius 1 is 1.17 bits per heavy atom. The summed E-state index contributed by atoms with van der Waals surface area (Å²) in [6.07, 6.45) is 12.3. The van der Waals surface area contributed by atoms with Crippen molar-refractivity contribution in [2.45, 2.75) is 124 Å². The van der Waals surface area contributed by atoms with E-state index < -0.39 is 29.9 Å². The van der Waals surface area contributed by atoms with Crippen molar-refractivity contribution in [3.8, 4) is 0 Å². The number of hydrogen-bond acceptors (Lipinski definition) is 7. The molecule has 0 radical (unpaired) electrons. The molecule has 2 aliphatic rings. The van der Waals surface area contributed by atoms with Crippen LogP contribution in [0, 0.1) is 35.5 Å². The Morgan fingerprint density at radius 2 is 1.83 bits per heavy atom. The molecule has 1 aliphatic heterocycles. The lowest BCUT2D eigenvalue weighted by Gasteiger charge is -2.46.